The number of aryl methyl sites for hydroxylation is 1. The van der Waals surface area contributed by atoms with Crippen LogP contribution in [-0.2, 0) is 12.5 Å². The molecule has 2 atom stereocenters. The first-order chi connectivity index (χ1) is 15.6. The van der Waals surface area contributed by atoms with E-state index >= 15 is 0 Å². The minimum absolute atomic E-state index is 0.296. The van der Waals surface area contributed by atoms with Crippen molar-refractivity contribution in [1.82, 2.24) is 24.6 Å². The summed E-state index contributed by atoms with van der Waals surface area (Å²) in [6.45, 7) is 5.31. The molecule has 0 radical (unpaired) electrons. The zero-order valence-electron chi connectivity index (χ0n) is 18.8. The molecular weight excluding hydrogens is 422 g/mol. The van der Waals surface area contributed by atoms with Crippen molar-refractivity contribution in [1.29, 1.82) is 5.41 Å². The molecule has 1 saturated heterocycles. The zero-order valence-corrected chi connectivity index (χ0v) is 19.6. The molecule has 2 aromatic heterocycles. The minimum Gasteiger partial charge on any atom is -0.440 e. The lowest BCUT2D eigenvalue weighted by Gasteiger charge is -2.21. The van der Waals surface area contributed by atoms with Gasteiger partial charge in [-0.05, 0) is 49.9 Å². The number of anilines is 1. The predicted molar refractivity (Wildman–Crippen MR) is 127 cm³/mol. The number of nitrogens with one attached hydrogen (secondary N) is 2. The molecule has 5 rings (SSSR count). The van der Waals surface area contributed by atoms with Crippen molar-refractivity contribution in [2.24, 2.45) is 13.0 Å². The molecule has 3 heterocycles. The summed E-state index contributed by atoms with van der Waals surface area (Å²) in [5, 5.41) is 20.4. The fourth-order valence-electron chi connectivity index (χ4n) is 5.03. The number of benzene rings is 1. The van der Waals surface area contributed by atoms with Gasteiger partial charge >= 0.3 is 0 Å². The van der Waals surface area contributed by atoms with Gasteiger partial charge in [-0.2, -0.15) is 0 Å². The molecule has 3 aromatic rings. The molecule has 1 saturated carbocycles. The summed E-state index contributed by atoms with van der Waals surface area (Å²) in [6.07, 6.45) is 5.29. The standard InChI is InChI=1S/C23H29N7OS/c1-15-20(31-14-26-15)21-27-28-22(29(21)3)32-8-4-7-30-12-18-10-23(18,13-30)17-5-6-19(25-2)16(9-17)11-24/h5-6,9,11,14,18,24-25H,4,7-8,10,12-13H2,1-3H3/t18-,23+/m1/s1. The maximum atomic E-state index is 7.73. The molecule has 0 amide bonds. The second-order valence-electron chi connectivity index (χ2n) is 8.82. The summed E-state index contributed by atoms with van der Waals surface area (Å²) in [4.78, 5) is 6.75. The summed E-state index contributed by atoms with van der Waals surface area (Å²) in [5.74, 6) is 3.16. The normalized spacial score (nSPS) is 22.2. The summed E-state index contributed by atoms with van der Waals surface area (Å²) < 4.78 is 7.44. The fourth-order valence-corrected chi connectivity index (χ4v) is 5.86. The molecule has 0 unspecified atom stereocenters. The van der Waals surface area contributed by atoms with Crippen molar-refractivity contribution in [2.75, 3.05) is 37.8 Å². The molecule has 1 aromatic carbocycles. The lowest BCUT2D eigenvalue weighted by molar-refractivity contribution is 0.299. The van der Waals surface area contributed by atoms with E-state index in [-0.39, 0.29) is 0 Å². The van der Waals surface area contributed by atoms with Crippen LogP contribution < -0.4 is 5.32 Å². The Morgan fingerprint density at radius 1 is 1.38 bits per heavy atom. The number of oxazole rings is 1. The Labute approximate surface area is 192 Å². The number of fused-ring (bicyclic) bond motifs is 1. The number of aromatic nitrogens is 4. The lowest BCUT2D eigenvalue weighted by Crippen LogP contribution is -2.28. The zero-order chi connectivity index (χ0) is 22.3. The van der Waals surface area contributed by atoms with E-state index in [4.69, 9.17) is 9.83 Å². The van der Waals surface area contributed by atoms with Crippen LogP contribution >= 0.6 is 11.8 Å². The Bertz CT molecular complexity index is 1140. The van der Waals surface area contributed by atoms with E-state index < -0.39 is 0 Å². The number of hydrogen-bond acceptors (Lipinski definition) is 8. The van der Waals surface area contributed by atoms with Gasteiger partial charge in [0.25, 0.3) is 0 Å². The second-order valence-corrected chi connectivity index (χ2v) is 9.88. The Morgan fingerprint density at radius 3 is 3.00 bits per heavy atom. The SMILES string of the molecule is CNc1ccc([C@@]23C[C@@H]2CN(CCCSc2nnc(-c4ocnc4C)n2C)C3)cc1C=N. The highest BCUT2D eigenvalue weighted by atomic mass is 32.2. The van der Waals surface area contributed by atoms with Crippen molar-refractivity contribution >= 4 is 23.7 Å². The Balaban J connectivity index is 1.14. The van der Waals surface area contributed by atoms with Gasteiger partial charge in [-0.15, -0.1) is 10.2 Å². The van der Waals surface area contributed by atoms with Crippen LogP contribution in [0, 0.1) is 18.3 Å². The molecule has 1 aliphatic heterocycles. The van der Waals surface area contributed by atoms with Crippen molar-refractivity contribution in [3.05, 3.63) is 41.4 Å². The average molecular weight is 452 g/mol. The maximum absolute atomic E-state index is 7.73. The van der Waals surface area contributed by atoms with Gasteiger partial charge in [0.2, 0.25) is 5.82 Å². The van der Waals surface area contributed by atoms with Crippen molar-refractivity contribution in [3.63, 3.8) is 0 Å². The number of hydrogen-bond donors (Lipinski definition) is 2. The number of nitrogens with zero attached hydrogens (tertiary/aromatic N) is 5. The second kappa shape index (κ2) is 8.37. The van der Waals surface area contributed by atoms with Crippen LogP contribution in [0.3, 0.4) is 0 Å². The third kappa shape index (κ3) is 3.63. The third-order valence-corrected chi connectivity index (χ3v) is 8.01. The van der Waals surface area contributed by atoms with Gasteiger partial charge < -0.3 is 24.6 Å². The topological polar surface area (TPSA) is 95.9 Å². The molecule has 0 spiro atoms. The summed E-state index contributed by atoms with van der Waals surface area (Å²) in [6, 6.07) is 6.58. The van der Waals surface area contributed by atoms with Gasteiger partial charge in [-0.25, -0.2) is 4.98 Å². The Hall–Kier alpha value is -2.65. The van der Waals surface area contributed by atoms with Gasteiger partial charge in [0.1, 0.15) is 0 Å². The molecular formula is C23H29N7OS. The quantitative estimate of drug-likeness (QED) is 0.292. The highest BCUT2D eigenvalue weighted by molar-refractivity contribution is 7.99. The van der Waals surface area contributed by atoms with E-state index in [1.54, 1.807) is 11.8 Å². The molecule has 1 aliphatic carbocycles. The minimum atomic E-state index is 0.296. The summed E-state index contributed by atoms with van der Waals surface area (Å²) >= 11 is 1.74. The number of thioether (sulfide) groups is 1. The van der Waals surface area contributed by atoms with E-state index in [2.05, 4.69) is 43.6 Å². The van der Waals surface area contributed by atoms with Crippen LogP contribution in [-0.4, -0.2) is 63.3 Å². The fraction of sp³-hybridized carbons (Fsp3) is 0.478. The monoisotopic (exact) mass is 451 g/mol. The van der Waals surface area contributed by atoms with Crippen LogP contribution in [0.4, 0.5) is 5.69 Å². The van der Waals surface area contributed by atoms with Gasteiger partial charge in [0.05, 0.1) is 5.69 Å². The first-order valence-electron chi connectivity index (χ1n) is 11.0. The number of rotatable bonds is 9. The number of piperidine rings is 1. The summed E-state index contributed by atoms with van der Waals surface area (Å²) in [5.41, 5.74) is 4.51. The Morgan fingerprint density at radius 2 is 2.25 bits per heavy atom. The predicted octanol–water partition coefficient (Wildman–Crippen LogP) is 3.57. The van der Waals surface area contributed by atoms with Crippen LogP contribution in [0.5, 0.6) is 0 Å². The molecule has 2 aliphatic rings. The van der Waals surface area contributed by atoms with Crippen LogP contribution in [0.1, 0.15) is 29.7 Å². The van der Waals surface area contributed by atoms with Crippen molar-refractivity contribution in [3.8, 4) is 11.6 Å². The molecule has 9 heteroatoms. The molecule has 8 nitrogen and oxygen atoms in total. The van der Waals surface area contributed by atoms with E-state index in [0.717, 1.165) is 59.1 Å². The first-order valence-corrected chi connectivity index (χ1v) is 12.0. The average Bonchev–Trinajstić information content (AvgIpc) is 3.10. The third-order valence-electron chi connectivity index (χ3n) is 6.90. The van der Waals surface area contributed by atoms with E-state index in [1.807, 2.05) is 25.6 Å². The maximum Gasteiger partial charge on any atom is 0.202 e. The van der Waals surface area contributed by atoms with E-state index in [0.29, 0.717) is 11.2 Å². The summed E-state index contributed by atoms with van der Waals surface area (Å²) in [7, 11) is 3.88. The Kier molecular flexibility index (Phi) is 5.54. The van der Waals surface area contributed by atoms with E-state index in [9.17, 15) is 0 Å². The lowest BCUT2D eigenvalue weighted by atomic mass is 9.93. The van der Waals surface area contributed by atoms with Gasteiger partial charge in [0.15, 0.2) is 17.3 Å². The highest BCUT2D eigenvalue weighted by Crippen LogP contribution is 2.59. The van der Waals surface area contributed by atoms with Crippen molar-refractivity contribution in [2.45, 2.75) is 30.3 Å². The van der Waals surface area contributed by atoms with Crippen LogP contribution in [0.15, 0.2) is 34.2 Å². The molecule has 2 N–H and O–H groups in total. The van der Waals surface area contributed by atoms with Gasteiger partial charge in [0, 0.05) is 55.8 Å². The van der Waals surface area contributed by atoms with Crippen LogP contribution in [0.2, 0.25) is 0 Å². The molecule has 168 valence electrons. The highest BCUT2D eigenvalue weighted by Gasteiger charge is 2.60. The smallest absolute Gasteiger partial charge is 0.202 e. The number of likely N-dealkylation sites (tertiary alicyclic amines) is 1. The molecule has 32 heavy (non-hydrogen) atoms. The first kappa shape index (κ1) is 21.2. The van der Waals surface area contributed by atoms with Gasteiger partial charge in [-0.1, -0.05) is 17.8 Å². The van der Waals surface area contributed by atoms with Crippen molar-refractivity contribution < 1.29 is 4.42 Å². The molecule has 2 fully saturated rings. The largest absolute Gasteiger partial charge is 0.440 e. The van der Waals surface area contributed by atoms with E-state index in [1.165, 1.54) is 31.1 Å². The van der Waals surface area contributed by atoms with Crippen LogP contribution in [0.25, 0.3) is 11.6 Å². The molecule has 0 bridgehead atoms. The van der Waals surface area contributed by atoms with Gasteiger partial charge in [-0.3, -0.25) is 0 Å².